The second-order valence-corrected chi connectivity index (χ2v) is 7.91. The minimum Gasteiger partial charge on any atom is -0.368 e. The third kappa shape index (κ3) is 4.84. The van der Waals surface area contributed by atoms with E-state index >= 15 is 0 Å². The zero-order valence-electron chi connectivity index (χ0n) is 17.5. The molecule has 5 nitrogen and oxygen atoms in total. The molecule has 0 aromatic heterocycles. The molecule has 1 aliphatic heterocycles. The third-order valence-electron chi connectivity index (χ3n) is 5.14. The van der Waals surface area contributed by atoms with Gasteiger partial charge < -0.3 is 15.1 Å². The van der Waals surface area contributed by atoms with E-state index in [0.29, 0.717) is 32.6 Å². The molecule has 0 spiro atoms. The molecule has 2 amide bonds. The van der Waals surface area contributed by atoms with Crippen LogP contribution in [-0.4, -0.2) is 42.9 Å². The highest BCUT2D eigenvalue weighted by molar-refractivity contribution is 6.04. The van der Waals surface area contributed by atoms with Gasteiger partial charge in [-0.15, -0.1) is 0 Å². The van der Waals surface area contributed by atoms with Crippen molar-refractivity contribution in [3.05, 3.63) is 58.9 Å². The first-order valence-corrected chi connectivity index (χ1v) is 10.1. The summed E-state index contributed by atoms with van der Waals surface area (Å²) in [5.41, 5.74) is -0.628. The molecule has 10 heteroatoms. The standard InChI is InChI=1S/C22H22F5N3O2/c1-12(2)11-15(31)30-9-7-29(8-10-30)14-5-3-13(4-6-14)28-22(32)16-17(23)19(25)21(27)20(26)18(16)24/h3-6,12H,7-11H2,1-2H3,(H,28,32). The first kappa shape index (κ1) is 23.5. The van der Waals surface area contributed by atoms with Crippen molar-refractivity contribution in [2.75, 3.05) is 36.4 Å². The number of hydrogen-bond acceptors (Lipinski definition) is 3. The van der Waals surface area contributed by atoms with Gasteiger partial charge >= 0.3 is 0 Å². The van der Waals surface area contributed by atoms with Gasteiger partial charge in [0, 0.05) is 44.0 Å². The molecule has 0 saturated carbocycles. The zero-order chi connectivity index (χ0) is 23.6. The first-order valence-electron chi connectivity index (χ1n) is 10.1. The average Bonchev–Trinajstić information content (AvgIpc) is 2.76. The highest BCUT2D eigenvalue weighted by Crippen LogP contribution is 2.25. The van der Waals surface area contributed by atoms with Crippen LogP contribution in [0.2, 0.25) is 0 Å². The minimum absolute atomic E-state index is 0.117. The molecule has 1 heterocycles. The number of benzene rings is 2. The fourth-order valence-electron chi connectivity index (χ4n) is 3.45. The third-order valence-corrected chi connectivity index (χ3v) is 5.14. The molecule has 0 radical (unpaired) electrons. The Morgan fingerprint density at radius 2 is 1.34 bits per heavy atom. The second-order valence-electron chi connectivity index (χ2n) is 7.91. The number of nitrogens with one attached hydrogen (secondary N) is 1. The smallest absolute Gasteiger partial charge is 0.261 e. The molecule has 32 heavy (non-hydrogen) atoms. The molecule has 172 valence electrons. The number of amides is 2. The van der Waals surface area contributed by atoms with Crippen molar-refractivity contribution in [1.82, 2.24) is 4.90 Å². The van der Waals surface area contributed by atoms with Crippen molar-refractivity contribution in [2.45, 2.75) is 20.3 Å². The van der Waals surface area contributed by atoms with Gasteiger partial charge in [-0.2, -0.15) is 0 Å². The van der Waals surface area contributed by atoms with Crippen LogP contribution in [-0.2, 0) is 4.79 Å². The maximum absolute atomic E-state index is 13.8. The highest BCUT2D eigenvalue weighted by Gasteiger charge is 2.30. The lowest BCUT2D eigenvalue weighted by atomic mass is 10.1. The van der Waals surface area contributed by atoms with Gasteiger partial charge in [-0.1, -0.05) is 13.8 Å². The van der Waals surface area contributed by atoms with Gasteiger partial charge in [0.2, 0.25) is 11.7 Å². The maximum Gasteiger partial charge on any atom is 0.261 e. The SMILES string of the molecule is CC(C)CC(=O)N1CCN(c2ccc(NC(=O)c3c(F)c(F)c(F)c(F)c3F)cc2)CC1. The van der Waals surface area contributed by atoms with E-state index in [0.717, 1.165) is 5.69 Å². The van der Waals surface area contributed by atoms with Crippen molar-refractivity contribution in [1.29, 1.82) is 0 Å². The molecule has 0 aliphatic carbocycles. The number of nitrogens with zero attached hydrogens (tertiary/aromatic N) is 2. The lowest BCUT2D eigenvalue weighted by Crippen LogP contribution is -2.49. The van der Waals surface area contributed by atoms with E-state index in [1.165, 1.54) is 12.1 Å². The highest BCUT2D eigenvalue weighted by atomic mass is 19.2. The monoisotopic (exact) mass is 455 g/mol. The van der Waals surface area contributed by atoms with Crippen molar-refractivity contribution < 1.29 is 31.5 Å². The normalized spacial score (nSPS) is 14.1. The Hall–Kier alpha value is -3.17. The lowest BCUT2D eigenvalue weighted by molar-refractivity contribution is -0.132. The van der Waals surface area contributed by atoms with E-state index < -0.39 is 40.6 Å². The summed E-state index contributed by atoms with van der Waals surface area (Å²) in [6.45, 7) is 6.34. The van der Waals surface area contributed by atoms with Gasteiger partial charge in [-0.3, -0.25) is 9.59 Å². The van der Waals surface area contributed by atoms with Crippen LogP contribution >= 0.6 is 0 Å². The van der Waals surface area contributed by atoms with Gasteiger partial charge in [-0.25, -0.2) is 22.0 Å². The number of carbonyl (C=O) groups excluding carboxylic acids is 2. The Bertz CT molecular complexity index is 990. The zero-order valence-corrected chi connectivity index (χ0v) is 17.5. The fraction of sp³-hybridized carbons (Fsp3) is 0.364. The van der Waals surface area contributed by atoms with Crippen LogP contribution in [0.5, 0.6) is 0 Å². The molecule has 0 atom stereocenters. The summed E-state index contributed by atoms with van der Waals surface area (Å²) < 4.78 is 67.4. The van der Waals surface area contributed by atoms with Crippen LogP contribution in [0.1, 0.15) is 30.6 Å². The van der Waals surface area contributed by atoms with Crippen LogP contribution in [0.15, 0.2) is 24.3 Å². The first-order chi connectivity index (χ1) is 15.1. The van der Waals surface area contributed by atoms with Crippen molar-refractivity contribution in [3.63, 3.8) is 0 Å². The quantitative estimate of drug-likeness (QED) is 0.415. The Kier molecular flexibility index (Phi) is 7.00. The van der Waals surface area contributed by atoms with Crippen molar-refractivity contribution in [3.8, 4) is 0 Å². The van der Waals surface area contributed by atoms with Crippen LogP contribution in [0.25, 0.3) is 0 Å². The summed E-state index contributed by atoms with van der Waals surface area (Å²) in [4.78, 5) is 28.2. The van der Waals surface area contributed by atoms with E-state index in [4.69, 9.17) is 0 Å². The molecule has 1 aliphatic rings. The predicted octanol–water partition coefficient (Wildman–Crippen LogP) is 4.33. The molecular weight excluding hydrogens is 433 g/mol. The van der Waals surface area contributed by atoms with Crippen molar-refractivity contribution in [2.24, 2.45) is 5.92 Å². The van der Waals surface area contributed by atoms with Gasteiger partial charge in [-0.05, 0) is 30.2 Å². The van der Waals surface area contributed by atoms with Gasteiger partial charge in [0.15, 0.2) is 23.3 Å². The summed E-state index contributed by atoms with van der Waals surface area (Å²) in [5.74, 6) is -12.1. The topological polar surface area (TPSA) is 52.7 Å². The molecule has 0 unspecified atom stereocenters. The van der Waals surface area contributed by atoms with Crippen LogP contribution in [0.4, 0.5) is 33.3 Å². The van der Waals surface area contributed by atoms with E-state index in [9.17, 15) is 31.5 Å². The molecule has 1 N–H and O–H groups in total. The summed E-state index contributed by atoms with van der Waals surface area (Å²) in [7, 11) is 0. The predicted molar refractivity (Wildman–Crippen MR) is 109 cm³/mol. The maximum atomic E-state index is 13.8. The minimum atomic E-state index is -2.33. The molecule has 1 fully saturated rings. The molecule has 1 saturated heterocycles. The summed E-state index contributed by atoms with van der Waals surface area (Å²) in [5, 5.41) is 2.14. The molecule has 2 aromatic carbocycles. The largest absolute Gasteiger partial charge is 0.368 e. The van der Waals surface area contributed by atoms with Crippen LogP contribution in [0, 0.1) is 35.0 Å². The number of piperazine rings is 1. The van der Waals surface area contributed by atoms with Gasteiger partial charge in [0.05, 0.1) is 0 Å². The second kappa shape index (κ2) is 9.54. The number of carbonyl (C=O) groups is 2. The average molecular weight is 455 g/mol. The Morgan fingerprint density at radius 1 is 0.844 bits per heavy atom. The number of rotatable bonds is 5. The summed E-state index contributed by atoms with van der Waals surface area (Å²) in [6.07, 6.45) is 0.497. The molecule has 0 bridgehead atoms. The Morgan fingerprint density at radius 3 is 1.84 bits per heavy atom. The molecule has 3 rings (SSSR count). The summed E-state index contributed by atoms with van der Waals surface area (Å²) in [6, 6.07) is 6.21. The number of halogens is 5. The molecule has 2 aromatic rings. The Balaban J connectivity index is 1.65. The van der Waals surface area contributed by atoms with Crippen molar-refractivity contribution >= 4 is 23.2 Å². The molecular formula is C22H22F5N3O2. The van der Waals surface area contributed by atoms with Crippen LogP contribution < -0.4 is 10.2 Å². The van der Waals surface area contributed by atoms with E-state index in [1.807, 2.05) is 23.6 Å². The van der Waals surface area contributed by atoms with Crippen LogP contribution in [0.3, 0.4) is 0 Å². The van der Waals surface area contributed by atoms with E-state index in [-0.39, 0.29) is 17.5 Å². The van der Waals surface area contributed by atoms with E-state index in [2.05, 4.69) is 5.32 Å². The summed E-state index contributed by atoms with van der Waals surface area (Å²) >= 11 is 0. The number of anilines is 2. The fourth-order valence-corrected chi connectivity index (χ4v) is 3.45. The van der Waals surface area contributed by atoms with Gasteiger partial charge in [0.25, 0.3) is 5.91 Å². The Labute approximate surface area is 181 Å². The number of hydrogen-bond donors (Lipinski definition) is 1. The lowest BCUT2D eigenvalue weighted by Gasteiger charge is -2.36. The van der Waals surface area contributed by atoms with Gasteiger partial charge in [0.1, 0.15) is 5.56 Å². The van der Waals surface area contributed by atoms with E-state index in [1.54, 1.807) is 12.1 Å².